The van der Waals surface area contributed by atoms with Gasteiger partial charge in [0.15, 0.2) is 5.54 Å². The summed E-state index contributed by atoms with van der Waals surface area (Å²) in [5.74, 6) is 1.29. The highest BCUT2D eigenvalue weighted by Gasteiger charge is 2.59. The first kappa shape index (κ1) is 24.9. The van der Waals surface area contributed by atoms with Gasteiger partial charge in [-0.2, -0.15) is 0 Å². The summed E-state index contributed by atoms with van der Waals surface area (Å²) in [6, 6.07) is 19.5. The molecule has 5 rings (SSSR count). The number of nitrogens with zero attached hydrogens (tertiary/aromatic N) is 2. The predicted octanol–water partition coefficient (Wildman–Crippen LogP) is 4.54. The van der Waals surface area contributed by atoms with E-state index >= 15 is 0 Å². The van der Waals surface area contributed by atoms with Crippen molar-refractivity contribution >= 4 is 34.1 Å². The second kappa shape index (κ2) is 9.93. The van der Waals surface area contributed by atoms with Crippen LogP contribution in [0.25, 0.3) is 10.9 Å². The van der Waals surface area contributed by atoms with Crippen LogP contribution in [0.3, 0.4) is 0 Å². The summed E-state index contributed by atoms with van der Waals surface area (Å²) in [5, 5.41) is 3.83. The SMILES string of the molecule is COc1ccc(OC)c(NC(=O)C2(c3ccc4ncccc4c3)CC(=O)N2c2cc(OC)ccc2OC)c1. The number of amides is 2. The van der Waals surface area contributed by atoms with E-state index < -0.39 is 11.4 Å². The van der Waals surface area contributed by atoms with Gasteiger partial charge in [-0.3, -0.25) is 19.5 Å². The molecule has 2 amide bonds. The summed E-state index contributed by atoms with van der Waals surface area (Å²) >= 11 is 0. The Morgan fingerprint density at radius 2 is 1.58 bits per heavy atom. The lowest BCUT2D eigenvalue weighted by molar-refractivity contribution is -0.137. The quantitative estimate of drug-likeness (QED) is 0.345. The molecule has 9 heteroatoms. The number of benzene rings is 3. The Morgan fingerprint density at radius 3 is 2.26 bits per heavy atom. The van der Waals surface area contributed by atoms with E-state index in [0.717, 1.165) is 10.9 Å². The van der Waals surface area contributed by atoms with E-state index in [4.69, 9.17) is 18.9 Å². The standard InChI is InChI=1S/C29H27N3O6/c1-35-20-8-11-25(37-3)23(15-20)31-28(34)29(19-7-10-22-18(14-19)6-5-13-30-22)17-27(33)32(29)24-16-21(36-2)9-12-26(24)38-4/h5-16H,17H2,1-4H3,(H,31,34). The van der Waals surface area contributed by atoms with E-state index in [-0.39, 0.29) is 12.3 Å². The van der Waals surface area contributed by atoms with E-state index in [0.29, 0.717) is 39.9 Å². The molecule has 2 heterocycles. The molecule has 0 saturated carbocycles. The van der Waals surface area contributed by atoms with Gasteiger partial charge in [0.1, 0.15) is 23.0 Å². The van der Waals surface area contributed by atoms with Crippen molar-refractivity contribution in [2.24, 2.45) is 0 Å². The fourth-order valence-corrected chi connectivity index (χ4v) is 4.82. The number of carbonyl (C=O) groups excluding carboxylic acids is 2. The molecule has 9 nitrogen and oxygen atoms in total. The molecule has 4 aromatic rings. The molecule has 1 saturated heterocycles. The highest BCUT2D eigenvalue weighted by Crippen LogP contribution is 2.50. The molecular weight excluding hydrogens is 486 g/mol. The molecule has 38 heavy (non-hydrogen) atoms. The minimum atomic E-state index is -1.39. The Kier molecular flexibility index (Phi) is 6.50. The lowest BCUT2D eigenvalue weighted by Crippen LogP contribution is -2.67. The zero-order chi connectivity index (χ0) is 26.9. The number of aromatic nitrogens is 1. The second-order valence-electron chi connectivity index (χ2n) is 8.74. The molecule has 3 aromatic carbocycles. The van der Waals surface area contributed by atoms with Crippen molar-refractivity contribution in [3.05, 3.63) is 78.5 Å². The first-order chi connectivity index (χ1) is 18.4. The van der Waals surface area contributed by atoms with Gasteiger partial charge in [0.25, 0.3) is 5.91 Å². The molecule has 1 aromatic heterocycles. The van der Waals surface area contributed by atoms with E-state index in [1.54, 1.807) is 49.7 Å². The normalized spacial score (nSPS) is 16.5. The van der Waals surface area contributed by atoms with Gasteiger partial charge in [-0.25, -0.2) is 0 Å². The molecular formula is C29H27N3O6. The fraction of sp³-hybridized carbons (Fsp3) is 0.207. The highest BCUT2D eigenvalue weighted by molar-refractivity contribution is 6.18. The van der Waals surface area contributed by atoms with Crippen LogP contribution in [0, 0.1) is 0 Å². The van der Waals surface area contributed by atoms with Gasteiger partial charge in [-0.05, 0) is 48.0 Å². The van der Waals surface area contributed by atoms with E-state index in [1.165, 1.54) is 26.2 Å². The van der Waals surface area contributed by atoms with Crippen LogP contribution in [0.5, 0.6) is 23.0 Å². The lowest BCUT2D eigenvalue weighted by Gasteiger charge is -2.51. The van der Waals surface area contributed by atoms with Gasteiger partial charge in [-0.15, -0.1) is 0 Å². The van der Waals surface area contributed by atoms with Crippen LogP contribution in [0.4, 0.5) is 11.4 Å². The maximum Gasteiger partial charge on any atom is 0.256 e. The Hall–Kier alpha value is -4.79. The third-order valence-electron chi connectivity index (χ3n) is 6.78. The second-order valence-corrected chi connectivity index (χ2v) is 8.74. The van der Waals surface area contributed by atoms with Crippen LogP contribution < -0.4 is 29.2 Å². The third kappa shape index (κ3) is 4.02. The largest absolute Gasteiger partial charge is 0.497 e. The van der Waals surface area contributed by atoms with Crippen LogP contribution >= 0.6 is 0 Å². The van der Waals surface area contributed by atoms with Gasteiger partial charge in [0, 0.05) is 23.7 Å². The van der Waals surface area contributed by atoms with Crippen molar-refractivity contribution in [2.75, 3.05) is 38.7 Å². The van der Waals surface area contributed by atoms with Crippen LogP contribution in [0.15, 0.2) is 72.9 Å². The molecule has 0 spiro atoms. The number of anilines is 2. The summed E-state index contributed by atoms with van der Waals surface area (Å²) in [6.45, 7) is 0. The van der Waals surface area contributed by atoms with Crippen LogP contribution in [-0.2, 0) is 15.1 Å². The van der Waals surface area contributed by atoms with Gasteiger partial charge >= 0.3 is 0 Å². The summed E-state index contributed by atoms with van der Waals surface area (Å²) in [4.78, 5) is 33.5. The number of ether oxygens (including phenoxy) is 4. The third-order valence-corrected chi connectivity index (χ3v) is 6.78. The molecule has 1 N–H and O–H groups in total. The zero-order valence-corrected chi connectivity index (χ0v) is 21.5. The van der Waals surface area contributed by atoms with Crippen molar-refractivity contribution < 1.29 is 28.5 Å². The van der Waals surface area contributed by atoms with Crippen LogP contribution in [-0.4, -0.2) is 45.2 Å². The molecule has 194 valence electrons. The summed E-state index contributed by atoms with van der Waals surface area (Å²) in [5.41, 5.74) is 0.839. The van der Waals surface area contributed by atoms with Gasteiger partial charge in [0.05, 0.1) is 51.8 Å². The maximum atomic E-state index is 14.3. The maximum absolute atomic E-state index is 14.3. The van der Waals surface area contributed by atoms with Crippen molar-refractivity contribution in [2.45, 2.75) is 12.0 Å². The molecule has 1 fully saturated rings. The average Bonchev–Trinajstić information content (AvgIpc) is 2.95. The number of carbonyl (C=O) groups is 2. The number of pyridine rings is 1. The van der Waals surface area contributed by atoms with E-state index in [9.17, 15) is 9.59 Å². The number of hydrogen-bond donors (Lipinski definition) is 1. The molecule has 0 aliphatic carbocycles. The van der Waals surface area contributed by atoms with Crippen LogP contribution in [0.1, 0.15) is 12.0 Å². The minimum absolute atomic E-state index is 0.0583. The summed E-state index contributed by atoms with van der Waals surface area (Å²) in [6.07, 6.45) is 1.65. The molecule has 0 bridgehead atoms. The molecule has 1 atom stereocenters. The average molecular weight is 514 g/mol. The first-order valence-electron chi connectivity index (χ1n) is 11.9. The number of hydrogen-bond acceptors (Lipinski definition) is 7. The number of methoxy groups -OCH3 is 4. The van der Waals surface area contributed by atoms with Crippen molar-refractivity contribution in [3.8, 4) is 23.0 Å². The molecule has 0 radical (unpaired) electrons. The summed E-state index contributed by atoms with van der Waals surface area (Å²) in [7, 11) is 6.11. The lowest BCUT2D eigenvalue weighted by atomic mass is 9.75. The Labute approximate surface area is 219 Å². The topological polar surface area (TPSA) is 99.2 Å². The Morgan fingerprint density at radius 1 is 0.868 bits per heavy atom. The smallest absolute Gasteiger partial charge is 0.256 e. The van der Waals surface area contributed by atoms with Gasteiger partial charge < -0.3 is 24.3 Å². The van der Waals surface area contributed by atoms with E-state index in [2.05, 4.69) is 10.3 Å². The number of rotatable bonds is 8. The minimum Gasteiger partial charge on any atom is -0.497 e. The predicted molar refractivity (Wildman–Crippen MR) is 143 cm³/mol. The Balaban J connectivity index is 1.69. The molecule has 1 aliphatic heterocycles. The summed E-state index contributed by atoms with van der Waals surface area (Å²) < 4.78 is 21.8. The van der Waals surface area contributed by atoms with Crippen molar-refractivity contribution in [1.29, 1.82) is 0 Å². The highest BCUT2D eigenvalue weighted by atomic mass is 16.5. The first-order valence-corrected chi connectivity index (χ1v) is 11.9. The fourth-order valence-electron chi connectivity index (χ4n) is 4.82. The zero-order valence-electron chi connectivity index (χ0n) is 21.5. The van der Waals surface area contributed by atoms with Crippen molar-refractivity contribution in [1.82, 2.24) is 4.98 Å². The Bertz CT molecular complexity index is 1540. The van der Waals surface area contributed by atoms with Crippen molar-refractivity contribution in [3.63, 3.8) is 0 Å². The molecule has 1 aliphatic rings. The number of fused-ring (bicyclic) bond motifs is 1. The molecule has 1 unspecified atom stereocenters. The number of nitrogens with one attached hydrogen (secondary N) is 1. The number of β-lactam (4-membered cyclic amide) rings is 1. The van der Waals surface area contributed by atoms with Gasteiger partial charge in [0.2, 0.25) is 5.91 Å². The van der Waals surface area contributed by atoms with E-state index in [1.807, 2.05) is 30.3 Å². The monoisotopic (exact) mass is 513 g/mol. The van der Waals surface area contributed by atoms with Crippen LogP contribution in [0.2, 0.25) is 0 Å². The van der Waals surface area contributed by atoms with Gasteiger partial charge in [-0.1, -0.05) is 12.1 Å².